The van der Waals surface area contributed by atoms with Crippen molar-refractivity contribution in [2.45, 2.75) is 26.8 Å². The smallest absolute Gasteiger partial charge is 0.393 e. The summed E-state index contributed by atoms with van der Waals surface area (Å²) in [6, 6.07) is 9.54. The molecule has 1 N–H and O–H groups in total. The van der Waals surface area contributed by atoms with Crippen molar-refractivity contribution in [2.75, 3.05) is 5.32 Å². The lowest BCUT2D eigenvalue weighted by Gasteiger charge is -2.09. The molecule has 2 aromatic heterocycles. The third kappa shape index (κ3) is 5.09. The molecule has 2 heterocycles. The van der Waals surface area contributed by atoms with Gasteiger partial charge in [-0.3, -0.25) is 5.32 Å². The predicted octanol–water partition coefficient (Wildman–Crippen LogP) is 5.46. The number of halogens is 1. The van der Waals surface area contributed by atoms with Gasteiger partial charge in [0, 0.05) is 28.9 Å². The van der Waals surface area contributed by atoms with Crippen LogP contribution in [0.25, 0.3) is 0 Å². The molecular weight excluding hydrogens is 370 g/mol. The van der Waals surface area contributed by atoms with Gasteiger partial charge in [0.25, 0.3) is 0 Å². The molecule has 1 amide bonds. The number of carbonyl (C=O) groups excluding carboxylic acids is 1. The van der Waals surface area contributed by atoms with Gasteiger partial charge in [-0.25, -0.2) is 9.78 Å². The number of amides is 1. The first-order chi connectivity index (χ1) is 12.5. The fourth-order valence-corrected chi connectivity index (χ4v) is 3.26. The van der Waals surface area contributed by atoms with Crippen molar-refractivity contribution in [3.63, 3.8) is 0 Å². The van der Waals surface area contributed by atoms with Gasteiger partial charge in [0.1, 0.15) is 0 Å². The first-order valence-electron chi connectivity index (χ1n) is 8.31. The minimum atomic E-state index is -0.550. The number of benzene rings is 1. The number of nitrogens with one attached hydrogen (secondary N) is 1. The van der Waals surface area contributed by atoms with E-state index in [2.05, 4.69) is 24.1 Å². The first-order valence-corrected chi connectivity index (χ1v) is 9.57. The number of hydrogen-bond acceptors (Lipinski definition) is 4. The summed E-state index contributed by atoms with van der Waals surface area (Å²) < 4.78 is 7.46. The van der Waals surface area contributed by atoms with Crippen LogP contribution in [-0.4, -0.2) is 15.6 Å². The van der Waals surface area contributed by atoms with Gasteiger partial charge in [-0.2, -0.15) is 0 Å². The SMILES string of the molecule is CC(C)Cc1cc(OC(=O)Nc2nccs2)n(Cc2ccc(Cl)cc2)c1. The summed E-state index contributed by atoms with van der Waals surface area (Å²) in [6.07, 6.45) is 4.02. The van der Waals surface area contributed by atoms with Crippen molar-refractivity contribution in [3.05, 3.63) is 64.3 Å². The molecule has 0 aliphatic heterocycles. The second-order valence-electron chi connectivity index (χ2n) is 6.39. The summed E-state index contributed by atoms with van der Waals surface area (Å²) in [4.78, 5) is 16.2. The Hall–Kier alpha value is -2.31. The topological polar surface area (TPSA) is 56.1 Å². The van der Waals surface area contributed by atoms with E-state index >= 15 is 0 Å². The standard InChI is InChI=1S/C19H20ClN3O2S/c1-13(2)9-15-10-17(25-19(24)22-18-21-7-8-26-18)23(12-15)11-14-3-5-16(20)6-4-14/h3-8,10,12-13H,9,11H2,1-2H3,(H,21,22,24). The number of hydrogen-bond donors (Lipinski definition) is 1. The fraction of sp³-hybridized carbons (Fsp3) is 0.263. The maximum atomic E-state index is 12.2. The minimum absolute atomic E-state index is 0.504. The monoisotopic (exact) mass is 389 g/mol. The summed E-state index contributed by atoms with van der Waals surface area (Å²) in [6.45, 7) is 4.91. The van der Waals surface area contributed by atoms with Crippen LogP contribution in [-0.2, 0) is 13.0 Å². The fourth-order valence-electron chi connectivity index (χ4n) is 2.62. The number of nitrogens with zero attached hydrogens (tertiary/aromatic N) is 2. The average molecular weight is 390 g/mol. The van der Waals surface area contributed by atoms with Crippen LogP contribution in [0.5, 0.6) is 5.88 Å². The highest BCUT2D eigenvalue weighted by atomic mass is 35.5. The van der Waals surface area contributed by atoms with Crippen molar-refractivity contribution in [2.24, 2.45) is 5.92 Å². The molecule has 3 aromatic rings. The van der Waals surface area contributed by atoms with E-state index < -0.39 is 6.09 Å². The van der Waals surface area contributed by atoms with E-state index in [0.717, 1.165) is 17.5 Å². The largest absolute Gasteiger partial charge is 0.420 e. The Labute approximate surface area is 161 Å². The third-order valence-electron chi connectivity index (χ3n) is 3.66. The zero-order valence-electron chi connectivity index (χ0n) is 14.6. The summed E-state index contributed by atoms with van der Waals surface area (Å²) in [5.74, 6) is 1.02. The summed E-state index contributed by atoms with van der Waals surface area (Å²) in [5, 5.41) is 5.63. The van der Waals surface area contributed by atoms with Crippen molar-refractivity contribution in [1.29, 1.82) is 0 Å². The van der Waals surface area contributed by atoms with Gasteiger partial charge in [-0.1, -0.05) is 37.6 Å². The molecule has 26 heavy (non-hydrogen) atoms. The normalized spacial score (nSPS) is 10.9. The highest BCUT2D eigenvalue weighted by molar-refractivity contribution is 7.13. The van der Waals surface area contributed by atoms with E-state index in [1.807, 2.05) is 41.1 Å². The van der Waals surface area contributed by atoms with Crippen LogP contribution < -0.4 is 10.1 Å². The van der Waals surface area contributed by atoms with Crippen LogP contribution in [0.2, 0.25) is 5.02 Å². The summed E-state index contributed by atoms with van der Waals surface area (Å²) >= 11 is 7.30. The van der Waals surface area contributed by atoms with Gasteiger partial charge in [-0.15, -0.1) is 11.3 Å². The number of thiazole rings is 1. The van der Waals surface area contributed by atoms with E-state index in [0.29, 0.717) is 28.5 Å². The highest BCUT2D eigenvalue weighted by Gasteiger charge is 2.14. The molecule has 0 aliphatic rings. The molecule has 136 valence electrons. The van der Waals surface area contributed by atoms with Crippen LogP contribution in [0.15, 0.2) is 48.1 Å². The van der Waals surface area contributed by atoms with Gasteiger partial charge in [0.05, 0.1) is 6.54 Å². The maximum absolute atomic E-state index is 12.2. The number of rotatable bonds is 6. The van der Waals surface area contributed by atoms with Crippen molar-refractivity contribution < 1.29 is 9.53 Å². The van der Waals surface area contributed by atoms with Crippen LogP contribution >= 0.6 is 22.9 Å². The van der Waals surface area contributed by atoms with Gasteiger partial charge >= 0.3 is 6.09 Å². The zero-order valence-corrected chi connectivity index (χ0v) is 16.2. The molecule has 0 atom stereocenters. The molecule has 0 unspecified atom stereocenters. The molecule has 0 saturated heterocycles. The van der Waals surface area contributed by atoms with Crippen molar-refractivity contribution in [3.8, 4) is 5.88 Å². The molecule has 0 radical (unpaired) electrons. The predicted molar refractivity (Wildman–Crippen MR) is 105 cm³/mol. The Balaban J connectivity index is 1.78. The average Bonchev–Trinajstić information content (AvgIpc) is 3.19. The molecule has 5 nitrogen and oxygen atoms in total. The van der Waals surface area contributed by atoms with Gasteiger partial charge < -0.3 is 9.30 Å². The first kappa shape index (κ1) is 18.5. The summed E-state index contributed by atoms with van der Waals surface area (Å²) in [7, 11) is 0. The van der Waals surface area contributed by atoms with Crippen LogP contribution in [0.4, 0.5) is 9.93 Å². The van der Waals surface area contributed by atoms with Gasteiger partial charge in [-0.05, 0) is 35.6 Å². The molecule has 3 rings (SSSR count). The van der Waals surface area contributed by atoms with Crippen LogP contribution in [0.1, 0.15) is 25.0 Å². The Kier molecular flexibility index (Phi) is 5.96. The lowest BCUT2D eigenvalue weighted by atomic mass is 10.1. The summed E-state index contributed by atoms with van der Waals surface area (Å²) in [5.41, 5.74) is 2.21. The van der Waals surface area contributed by atoms with Crippen LogP contribution in [0, 0.1) is 5.92 Å². The Morgan fingerprint density at radius 1 is 1.31 bits per heavy atom. The van der Waals surface area contributed by atoms with Gasteiger partial charge in [0.15, 0.2) is 5.13 Å². The number of aromatic nitrogens is 2. The van der Waals surface area contributed by atoms with E-state index in [1.165, 1.54) is 11.3 Å². The third-order valence-corrected chi connectivity index (χ3v) is 4.60. The van der Waals surface area contributed by atoms with Crippen molar-refractivity contribution >= 4 is 34.2 Å². The Morgan fingerprint density at radius 3 is 2.73 bits per heavy atom. The van der Waals surface area contributed by atoms with E-state index in [4.69, 9.17) is 16.3 Å². The molecule has 1 aromatic carbocycles. The van der Waals surface area contributed by atoms with E-state index in [1.54, 1.807) is 11.6 Å². The molecule has 7 heteroatoms. The number of ether oxygens (including phenoxy) is 1. The molecule has 0 saturated carbocycles. The maximum Gasteiger partial charge on any atom is 0.420 e. The highest BCUT2D eigenvalue weighted by Crippen LogP contribution is 2.23. The number of anilines is 1. The van der Waals surface area contributed by atoms with E-state index in [-0.39, 0.29) is 0 Å². The Morgan fingerprint density at radius 2 is 2.08 bits per heavy atom. The molecule has 0 aliphatic carbocycles. The van der Waals surface area contributed by atoms with Crippen molar-refractivity contribution in [1.82, 2.24) is 9.55 Å². The lowest BCUT2D eigenvalue weighted by Crippen LogP contribution is -2.18. The molecule has 0 bridgehead atoms. The quantitative estimate of drug-likeness (QED) is 0.609. The molecule has 0 fully saturated rings. The van der Waals surface area contributed by atoms with Gasteiger partial charge in [0.2, 0.25) is 5.88 Å². The number of carbonyl (C=O) groups is 1. The minimum Gasteiger partial charge on any atom is -0.393 e. The Bertz CT molecular complexity index is 858. The molecule has 0 spiro atoms. The molecular formula is C19H20ClN3O2S. The zero-order chi connectivity index (χ0) is 18.5. The van der Waals surface area contributed by atoms with Crippen LogP contribution in [0.3, 0.4) is 0 Å². The lowest BCUT2D eigenvalue weighted by molar-refractivity contribution is 0.211. The van der Waals surface area contributed by atoms with E-state index in [9.17, 15) is 4.79 Å². The second-order valence-corrected chi connectivity index (χ2v) is 7.72. The second kappa shape index (κ2) is 8.38.